The molecule has 2 aromatic carbocycles. The van der Waals surface area contributed by atoms with Gasteiger partial charge < -0.3 is 15.7 Å². The lowest BCUT2D eigenvalue weighted by Gasteiger charge is -2.09. The molecular weight excluding hydrogens is 332 g/mol. The van der Waals surface area contributed by atoms with Crippen LogP contribution in [0.1, 0.15) is 5.56 Å². The van der Waals surface area contributed by atoms with E-state index in [1.165, 1.54) is 0 Å². The number of amidine groups is 1. The lowest BCUT2D eigenvalue weighted by Crippen LogP contribution is -2.12. The standard InChI is InChI=1S/C13H10BrClN2O2/c14-9-2-1-3-10(7-9)19-12-5-4-8(6-11(12)15)13(16)17-18/h1-7,18H,(H2,16,17). The van der Waals surface area contributed by atoms with E-state index < -0.39 is 0 Å². The van der Waals surface area contributed by atoms with E-state index in [1.807, 2.05) is 24.3 Å². The van der Waals surface area contributed by atoms with Crippen molar-refractivity contribution in [1.82, 2.24) is 0 Å². The first-order valence-corrected chi connectivity index (χ1v) is 6.48. The highest BCUT2D eigenvalue weighted by Gasteiger charge is 2.07. The van der Waals surface area contributed by atoms with Crippen LogP contribution in [0.3, 0.4) is 0 Å². The van der Waals surface area contributed by atoms with Crippen LogP contribution in [-0.2, 0) is 0 Å². The predicted molar refractivity (Wildman–Crippen MR) is 78.2 cm³/mol. The summed E-state index contributed by atoms with van der Waals surface area (Å²) in [6.07, 6.45) is 0. The van der Waals surface area contributed by atoms with Gasteiger partial charge in [0, 0.05) is 10.0 Å². The maximum absolute atomic E-state index is 8.60. The number of oxime groups is 1. The van der Waals surface area contributed by atoms with Gasteiger partial charge in [0.15, 0.2) is 5.84 Å². The predicted octanol–water partition coefficient (Wildman–Crippen LogP) is 3.99. The van der Waals surface area contributed by atoms with Crippen molar-refractivity contribution in [3.8, 4) is 11.5 Å². The van der Waals surface area contributed by atoms with Crippen LogP contribution in [-0.4, -0.2) is 11.0 Å². The Morgan fingerprint density at radius 3 is 2.68 bits per heavy atom. The molecule has 0 radical (unpaired) electrons. The maximum Gasteiger partial charge on any atom is 0.170 e. The molecule has 0 bridgehead atoms. The third kappa shape index (κ3) is 3.39. The lowest BCUT2D eigenvalue weighted by atomic mass is 10.2. The summed E-state index contributed by atoms with van der Waals surface area (Å²) in [6, 6.07) is 12.3. The third-order valence-corrected chi connectivity index (χ3v) is 3.15. The summed E-state index contributed by atoms with van der Waals surface area (Å²) in [5.41, 5.74) is 6.00. The van der Waals surface area contributed by atoms with Crippen molar-refractivity contribution in [1.29, 1.82) is 0 Å². The van der Waals surface area contributed by atoms with Crippen LogP contribution < -0.4 is 10.5 Å². The van der Waals surface area contributed by atoms with Gasteiger partial charge in [0.05, 0.1) is 5.02 Å². The van der Waals surface area contributed by atoms with Crippen LogP contribution in [0, 0.1) is 0 Å². The van der Waals surface area contributed by atoms with E-state index in [0.29, 0.717) is 22.1 Å². The third-order valence-electron chi connectivity index (χ3n) is 2.36. The van der Waals surface area contributed by atoms with Gasteiger partial charge in [-0.1, -0.05) is 38.8 Å². The summed E-state index contributed by atoms with van der Waals surface area (Å²) in [6.45, 7) is 0. The number of hydrogen-bond acceptors (Lipinski definition) is 3. The number of hydrogen-bond donors (Lipinski definition) is 2. The Morgan fingerprint density at radius 1 is 1.26 bits per heavy atom. The highest BCUT2D eigenvalue weighted by molar-refractivity contribution is 9.10. The van der Waals surface area contributed by atoms with Crippen LogP contribution in [0.4, 0.5) is 0 Å². The highest BCUT2D eigenvalue weighted by Crippen LogP contribution is 2.31. The first-order chi connectivity index (χ1) is 9.10. The summed E-state index contributed by atoms with van der Waals surface area (Å²) in [5, 5.41) is 11.9. The average Bonchev–Trinajstić information content (AvgIpc) is 2.40. The van der Waals surface area contributed by atoms with Gasteiger partial charge in [-0.2, -0.15) is 0 Å². The Balaban J connectivity index is 2.27. The minimum Gasteiger partial charge on any atom is -0.456 e. The quantitative estimate of drug-likeness (QED) is 0.384. The molecule has 3 N–H and O–H groups in total. The molecule has 0 aliphatic rings. The summed E-state index contributed by atoms with van der Waals surface area (Å²) in [7, 11) is 0. The second-order valence-corrected chi connectivity index (χ2v) is 5.01. The molecule has 4 nitrogen and oxygen atoms in total. The summed E-state index contributed by atoms with van der Waals surface area (Å²) >= 11 is 9.45. The molecule has 0 spiro atoms. The van der Waals surface area contributed by atoms with Crippen molar-refractivity contribution in [2.75, 3.05) is 0 Å². The van der Waals surface area contributed by atoms with E-state index >= 15 is 0 Å². The van der Waals surface area contributed by atoms with Gasteiger partial charge >= 0.3 is 0 Å². The monoisotopic (exact) mass is 340 g/mol. The zero-order chi connectivity index (χ0) is 13.8. The number of rotatable bonds is 3. The summed E-state index contributed by atoms with van der Waals surface area (Å²) in [4.78, 5) is 0. The second kappa shape index (κ2) is 5.95. The first kappa shape index (κ1) is 13.7. The summed E-state index contributed by atoms with van der Waals surface area (Å²) in [5.74, 6) is 1.15. The smallest absolute Gasteiger partial charge is 0.170 e. The van der Waals surface area contributed by atoms with E-state index in [1.54, 1.807) is 18.2 Å². The van der Waals surface area contributed by atoms with Crippen molar-refractivity contribution in [3.05, 3.63) is 57.5 Å². The minimum atomic E-state index is -0.00379. The average molecular weight is 342 g/mol. The summed E-state index contributed by atoms with van der Waals surface area (Å²) < 4.78 is 6.56. The molecule has 2 aromatic rings. The molecule has 0 fully saturated rings. The Morgan fingerprint density at radius 2 is 2.05 bits per heavy atom. The molecule has 0 saturated heterocycles. The fourth-order valence-corrected chi connectivity index (χ4v) is 2.06. The van der Waals surface area contributed by atoms with Gasteiger partial charge in [0.1, 0.15) is 11.5 Å². The molecule has 98 valence electrons. The molecular formula is C13H10BrClN2O2. The van der Waals surface area contributed by atoms with Crippen LogP contribution in [0.2, 0.25) is 5.02 Å². The van der Waals surface area contributed by atoms with E-state index in [0.717, 1.165) is 4.47 Å². The van der Waals surface area contributed by atoms with Crippen LogP contribution >= 0.6 is 27.5 Å². The second-order valence-electron chi connectivity index (χ2n) is 3.69. The normalized spacial score (nSPS) is 11.4. The van der Waals surface area contributed by atoms with Gasteiger partial charge in [-0.25, -0.2) is 0 Å². The molecule has 2 rings (SSSR count). The number of nitrogens with zero attached hydrogens (tertiary/aromatic N) is 1. The van der Waals surface area contributed by atoms with Crippen molar-refractivity contribution in [2.24, 2.45) is 10.9 Å². The zero-order valence-electron chi connectivity index (χ0n) is 9.68. The van der Waals surface area contributed by atoms with Gasteiger partial charge in [-0.3, -0.25) is 0 Å². The lowest BCUT2D eigenvalue weighted by molar-refractivity contribution is 0.318. The Labute approximate surface area is 123 Å². The van der Waals surface area contributed by atoms with Crippen molar-refractivity contribution >= 4 is 33.4 Å². The number of benzene rings is 2. The molecule has 0 saturated carbocycles. The fourth-order valence-electron chi connectivity index (χ4n) is 1.46. The zero-order valence-corrected chi connectivity index (χ0v) is 12.0. The van der Waals surface area contributed by atoms with Crippen LogP contribution in [0.15, 0.2) is 52.1 Å². The topological polar surface area (TPSA) is 67.8 Å². The van der Waals surface area contributed by atoms with Crippen molar-refractivity contribution < 1.29 is 9.94 Å². The number of ether oxygens (including phenoxy) is 1. The van der Waals surface area contributed by atoms with E-state index in [9.17, 15) is 0 Å². The molecule has 19 heavy (non-hydrogen) atoms. The molecule has 0 aromatic heterocycles. The Kier molecular flexibility index (Phi) is 4.29. The Bertz CT molecular complexity index is 632. The largest absolute Gasteiger partial charge is 0.456 e. The minimum absolute atomic E-state index is 0.00379. The molecule has 0 unspecified atom stereocenters. The Hall–Kier alpha value is -1.72. The maximum atomic E-state index is 8.60. The number of nitrogens with two attached hydrogens (primary N) is 1. The van der Waals surface area contributed by atoms with Gasteiger partial charge in [-0.05, 0) is 36.4 Å². The molecule has 0 atom stereocenters. The highest BCUT2D eigenvalue weighted by atomic mass is 79.9. The molecule has 0 amide bonds. The van der Waals surface area contributed by atoms with Gasteiger partial charge in [0.2, 0.25) is 0 Å². The number of halogens is 2. The van der Waals surface area contributed by atoms with E-state index in [2.05, 4.69) is 21.1 Å². The van der Waals surface area contributed by atoms with Crippen molar-refractivity contribution in [3.63, 3.8) is 0 Å². The molecule has 0 aliphatic carbocycles. The SMILES string of the molecule is NC(=NO)c1ccc(Oc2cccc(Br)c2)c(Cl)c1. The van der Waals surface area contributed by atoms with E-state index in [-0.39, 0.29) is 5.84 Å². The molecule has 0 heterocycles. The fraction of sp³-hybridized carbons (Fsp3) is 0. The molecule has 6 heteroatoms. The van der Waals surface area contributed by atoms with Gasteiger partial charge in [-0.15, -0.1) is 0 Å². The molecule has 0 aliphatic heterocycles. The van der Waals surface area contributed by atoms with Crippen LogP contribution in [0.25, 0.3) is 0 Å². The van der Waals surface area contributed by atoms with Gasteiger partial charge in [0.25, 0.3) is 0 Å². The van der Waals surface area contributed by atoms with Crippen LogP contribution in [0.5, 0.6) is 11.5 Å². The van der Waals surface area contributed by atoms with Crippen molar-refractivity contribution in [2.45, 2.75) is 0 Å². The van der Waals surface area contributed by atoms with E-state index in [4.69, 9.17) is 27.3 Å². The first-order valence-electron chi connectivity index (χ1n) is 5.31.